The van der Waals surface area contributed by atoms with Crippen molar-refractivity contribution in [2.24, 2.45) is 0 Å². The Morgan fingerprint density at radius 2 is 1.96 bits per heavy atom. The van der Waals surface area contributed by atoms with Crippen LogP contribution in [0.25, 0.3) is 0 Å². The lowest BCUT2D eigenvalue weighted by atomic mass is 9.84. The molecule has 0 bridgehead atoms. The van der Waals surface area contributed by atoms with E-state index in [0.717, 1.165) is 16.8 Å². The zero-order valence-electron chi connectivity index (χ0n) is 13.9. The second kappa shape index (κ2) is 6.20. The van der Waals surface area contributed by atoms with Crippen molar-refractivity contribution in [1.29, 1.82) is 0 Å². The Bertz CT molecular complexity index is 833. The predicted molar refractivity (Wildman–Crippen MR) is 91.8 cm³/mol. The number of ether oxygens (including phenoxy) is 3. The molecule has 0 fully saturated rings. The fraction of sp³-hybridized carbons (Fsp3) is 0.316. The van der Waals surface area contributed by atoms with E-state index in [1.807, 2.05) is 25.1 Å². The van der Waals surface area contributed by atoms with E-state index in [2.05, 4.69) is 5.32 Å². The number of aromatic hydroxyl groups is 1. The molecule has 2 aliphatic heterocycles. The third-order valence-corrected chi connectivity index (χ3v) is 4.44. The van der Waals surface area contributed by atoms with Crippen LogP contribution in [0.2, 0.25) is 0 Å². The molecule has 0 spiro atoms. The summed E-state index contributed by atoms with van der Waals surface area (Å²) in [6, 6.07) is 8.97. The van der Waals surface area contributed by atoms with Crippen LogP contribution in [0, 0.1) is 0 Å². The quantitative estimate of drug-likeness (QED) is 0.897. The molecule has 6 heteroatoms. The predicted octanol–water partition coefficient (Wildman–Crippen LogP) is 3.04. The highest BCUT2D eigenvalue weighted by atomic mass is 16.6. The van der Waals surface area contributed by atoms with E-state index in [1.165, 1.54) is 0 Å². The first kappa shape index (κ1) is 15.6. The van der Waals surface area contributed by atoms with Gasteiger partial charge in [-0.25, -0.2) is 0 Å². The molecular formula is C19H19NO5. The van der Waals surface area contributed by atoms with Crippen molar-refractivity contribution in [3.8, 4) is 23.0 Å². The van der Waals surface area contributed by atoms with Crippen molar-refractivity contribution >= 4 is 11.6 Å². The Hall–Kier alpha value is -2.89. The molecule has 1 amide bonds. The number of benzene rings is 2. The van der Waals surface area contributed by atoms with Gasteiger partial charge in [-0.2, -0.15) is 0 Å². The Morgan fingerprint density at radius 3 is 2.72 bits per heavy atom. The van der Waals surface area contributed by atoms with Gasteiger partial charge in [0.25, 0.3) is 0 Å². The average Bonchev–Trinajstić information content (AvgIpc) is 2.61. The lowest BCUT2D eigenvalue weighted by Crippen LogP contribution is -2.24. The van der Waals surface area contributed by atoms with Crippen LogP contribution >= 0.6 is 0 Å². The second-order valence-electron chi connectivity index (χ2n) is 6.05. The standard InChI is InChI=1S/C19H19NO5/c1-2-23-16-7-11(3-4-15(16)21)12-9-19(22)20-14-10-18-17(8-13(12)14)24-5-6-25-18/h3-4,7-8,10,12,21H,2,5-6,9H2,1H3,(H,20,22). The number of phenolic OH excluding ortho intramolecular Hbond substituents is 1. The molecule has 2 heterocycles. The molecule has 2 aromatic carbocycles. The van der Waals surface area contributed by atoms with Crippen LogP contribution in [-0.4, -0.2) is 30.8 Å². The number of hydrogen-bond acceptors (Lipinski definition) is 5. The van der Waals surface area contributed by atoms with Crippen LogP contribution in [0.1, 0.15) is 30.4 Å². The van der Waals surface area contributed by atoms with Gasteiger partial charge in [0.05, 0.1) is 6.61 Å². The van der Waals surface area contributed by atoms with Crippen molar-refractivity contribution < 1.29 is 24.1 Å². The van der Waals surface area contributed by atoms with Crippen LogP contribution in [0.5, 0.6) is 23.0 Å². The van der Waals surface area contributed by atoms with E-state index in [-0.39, 0.29) is 17.6 Å². The van der Waals surface area contributed by atoms with Gasteiger partial charge in [-0.3, -0.25) is 4.79 Å². The molecule has 25 heavy (non-hydrogen) atoms. The minimum atomic E-state index is -0.139. The van der Waals surface area contributed by atoms with E-state index in [0.29, 0.717) is 43.5 Å². The summed E-state index contributed by atoms with van der Waals surface area (Å²) in [5.41, 5.74) is 2.61. The van der Waals surface area contributed by atoms with Crippen LogP contribution < -0.4 is 19.5 Å². The zero-order valence-corrected chi connectivity index (χ0v) is 13.9. The number of fused-ring (bicyclic) bond motifs is 2. The van der Waals surface area contributed by atoms with E-state index in [4.69, 9.17) is 14.2 Å². The summed E-state index contributed by atoms with van der Waals surface area (Å²) in [7, 11) is 0. The number of carbonyl (C=O) groups excluding carboxylic acids is 1. The van der Waals surface area contributed by atoms with Gasteiger partial charge in [-0.1, -0.05) is 6.07 Å². The molecule has 1 atom stereocenters. The maximum Gasteiger partial charge on any atom is 0.225 e. The fourth-order valence-corrected chi connectivity index (χ4v) is 3.31. The zero-order chi connectivity index (χ0) is 17.4. The summed E-state index contributed by atoms with van der Waals surface area (Å²) in [5.74, 6) is 1.65. The first-order valence-corrected chi connectivity index (χ1v) is 8.35. The molecule has 2 aliphatic rings. The number of rotatable bonds is 3. The number of phenols is 1. The first-order chi connectivity index (χ1) is 12.2. The van der Waals surface area contributed by atoms with Crippen molar-refractivity contribution in [2.75, 3.05) is 25.1 Å². The molecule has 4 rings (SSSR count). The third kappa shape index (κ3) is 2.84. The third-order valence-electron chi connectivity index (χ3n) is 4.44. The average molecular weight is 341 g/mol. The number of hydrogen-bond donors (Lipinski definition) is 2. The van der Waals surface area contributed by atoms with Gasteiger partial charge in [-0.15, -0.1) is 0 Å². The van der Waals surface area contributed by atoms with Gasteiger partial charge in [0, 0.05) is 24.1 Å². The normalized spacial score (nSPS) is 18.3. The molecule has 6 nitrogen and oxygen atoms in total. The highest BCUT2D eigenvalue weighted by Gasteiger charge is 2.29. The Labute approximate surface area is 145 Å². The summed E-state index contributed by atoms with van der Waals surface area (Å²) in [6.45, 7) is 3.33. The molecule has 0 saturated heterocycles. The van der Waals surface area contributed by atoms with Gasteiger partial charge in [0.2, 0.25) is 5.91 Å². The monoisotopic (exact) mass is 341 g/mol. The van der Waals surface area contributed by atoms with Crippen LogP contribution in [0.4, 0.5) is 5.69 Å². The van der Waals surface area contributed by atoms with Crippen LogP contribution in [0.3, 0.4) is 0 Å². The minimum Gasteiger partial charge on any atom is -0.504 e. The Morgan fingerprint density at radius 1 is 1.20 bits per heavy atom. The molecular weight excluding hydrogens is 322 g/mol. The number of carbonyl (C=O) groups is 1. The minimum absolute atomic E-state index is 0.0554. The highest BCUT2D eigenvalue weighted by molar-refractivity contribution is 5.96. The van der Waals surface area contributed by atoms with Crippen LogP contribution in [-0.2, 0) is 4.79 Å². The molecule has 0 aromatic heterocycles. The second-order valence-corrected chi connectivity index (χ2v) is 6.05. The molecule has 0 saturated carbocycles. The topological polar surface area (TPSA) is 77.0 Å². The maximum atomic E-state index is 12.2. The number of amides is 1. The van der Waals surface area contributed by atoms with Crippen LogP contribution in [0.15, 0.2) is 30.3 Å². The van der Waals surface area contributed by atoms with E-state index in [1.54, 1.807) is 12.1 Å². The van der Waals surface area contributed by atoms with Crippen molar-refractivity contribution in [3.05, 3.63) is 41.5 Å². The number of nitrogens with one attached hydrogen (secondary N) is 1. The van der Waals surface area contributed by atoms with Gasteiger partial charge in [0.15, 0.2) is 23.0 Å². The SMILES string of the molecule is CCOc1cc(C2CC(=O)Nc3cc4c(cc32)OCCO4)ccc1O. The van der Waals surface area contributed by atoms with Crippen molar-refractivity contribution in [3.63, 3.8) is 0 Å². The van der Waals surface area contributed by atoms with Gasteiger partial charge in [0.1, 0.15) is 13.2 Å². The molecule has 130 valence electrons. The Balaban J connectivity index is 1.79. The summed E-state index contributed by atoms with van der Waals surface area (Å²) < 4.78 is 16.8. The number of anilines is 1. The first-order valence-electron chi connectivity index (χ1n) is 8.35. The highest BCUT2D eigenvalue weighted by Crippen LogP contribution is 2.45. The van der Waals surface area contributed by atoms with Gasteiger partial charge in [-0.05, 0) is 36.2 Å². The Kier molecular flexibility index (Phi) is 3.87. The van der Waals surface area contributed by atoms with Gasteiger partial charge < -0.3 is 24.6 Å². The fourth-order valence-electron chi connectivity index (χ4n) is 3.31. The molecule has 0 radical (unpaired) electrons. The van der Waals surface area contributed by atoms with E-state index in [9.17, 15) is 9.90 Å². The van der Waals surface area contributed by atoms with Crippen molar-refractivity contribution in [2.45, 2.75) is 19.3 Å². The van der Waals surface area contributed by atoms with E-state index < -0.39 is 0 Å². The molecule has 2 N–H and O–H groups in total. The summed E-state index contributed by atoms with van der Waals surface area (Å²) >= 11 is 0. The largest absolute Gasteiger partial charge is 0.504 e. The summed E-state index contributed by atoms with van der Waals surface area (Å²) in [5, 5.41) is 12.8. The maximum absolute atomic E-state index is 12.2. The molecule has 1 unspecified atom stereocenters. The molecule has 0 aliphatic carbocycles. The summed E-state index contributed by atoms with van der Waals surface area (Å²) in [4.78, 5) is 12.2. The molecule has 2 aromatic rings. The van der Waals surface area contributed by atoms with E-state index >= 15 is 0 Å². The lowest BCUT2D eigenvalue weighted by Gasteiger charge is -2.29. The lowest BCUT2D eigenvalue weighted by molar-refractivity contribution is -0.116. The smallest absolute Gasteiger partial charge is 0.225 e. The van der Waals surface area contributed by atoms with Gasteiger partial charge >= 0.3 is 0 Å². The van der Waals surface area contributed by atoms with Crippen molar-refractivity contribution in [1.82, 2.24) is 0 Å². The summed E-state index contributed by atoms with van der Waals surface area (Å²) in [6.07, 6.45) is 0.322.